The summed E-state index contributed by atoms with van der Waals surface area (Å²) in [5.74, 6) is 0.000988. The normalized spacial score (nSPS) is 22.0. The second kappa shape index (κ2) is 6.07. The molecule has 0 saturated carbocycles. The van der Waals surface area contributed by atoms with E-state index >= 15 is 0 Å². The molecule has 3 aliphatic rings. The smallest absolute Gasteiger partial charge is 0.317 e. The lowest BCUT2D eigenvalue weighted by molar-refractivity contribution is -0.125. The Morgan fingerprint density at radius 3 is 2.79 bits per heavy atom. The fourth-order valence-electron chi connectivity index (χ4n) is 3.69. The van der Waals surface area contributed by atoms with Crippen molar-refractivity contribution in [2.45, 2.75) is 5.41 Å². The zero-order valence-electron chi connectivity index (χ0n) is 13.6. The third-order valence-electron chi connectivity index (χ3n) is 5.14. The molecule has 1 aromatic rings. The van der Waals surface area contributed by atoms with Crippen LogP contribution in [0.15, 0.2) is 24.3 Å². The molecular formula is C17H22N4O3. The summed E-state index contributed by atoms with van der Waals surface area (Å²) >= 11 is 0. The summed E-state index contributed by atoms with van der Waals surface area (Å²) in [4.78, 5) is 28.6. The van der Waals surface area contributed by atoms with Gasteiger partial charge in [0, 0.05) is 45.0 Å². The van der Waals surface area contributed by atoms with Gasteiger partial charge in [-0.05, 0) is 11.6 Å². The number of fused-ring (bicyclic) bond motifs is 2. The van der Waals surface area contributed by atoms with Gasteiger partial charge in [-0.2, -0.15) is 0 Å². The van der Waals surface area contributed by atoms with Crippen molar-refractivity contribution >= 4 is 17.6 Å². The number of ether oxygens (including phenoxy) is 1. The van der Waals surface area contributed by atoms with E-state index < -0.39 is 5.41 Å². The van der Waals surface area contributed by atoms with Gasteiger partial charge in [0.05, 0.1) is 13.2 Å². The first-order valence-corrected chi connectivity index (χ1v) is 8.43. The maximum absolute atomic E-state index is 12.3. The van der Waals surface area contributed by atoms with E-state index in [-0.39, 0.29) is 11.9 Å². The maximum Gasteiger partial charge on any atom is 0.317 e. The Bertz CT molecular complexity index is 651. The maximum atomic E-state index is 12.3. The fraction of sp³-hybridized carbons (Fsp3) is 0.529. The second-order valence-electron chi connectivity index (χ2n) is 6.62. The molecule has 0 atom stereocenters. The second-order valence-corrected chi connectivity index (χ2v) is 6.62. The Morgan fingerprint density at radius 2 is 2.00 bits per heavy atom. The number of nitrogens with zero attached hydrogens (tertiary/aromatic N) is 2. The van der Waals surface area contributed by atoms with E-state index in [9.17, 15) is 9.59 Å². The summed E-state index contributed by atoms with van der Waals surface area (Å²) in [5, 5.41) is 5.87. The van der Waals surface area contributed by atoms with Crippen molar-refractivity contribution in [3.8, 4) is 0 Å². The number of urea groups is 1. The molecule has 0 unspecified atom stereocenters. The molecule has 3 aliphatic heterocycles. The van der Waals surface area contributed by atoms with Crippen LogP contribution in [-0.2, 0) is 14.9 Å². The number of benzene rings is 1. The van der Waals surface area contributed by atoms with E-state index in [1.54, 1.807) is 4.90 Å². The molecule has 7 nitrogen and oxygen atoms in total. The molecular weight excluding hydrogens is 308 g/mol. The largest absolute Gasteiger partial charge is 0.379 e. The summed E-state index contributed by atoms with van der Waals surface area (Å²) in [5.41, 5.74) is 1.32. The summed E-state index contributed by atoms with van der Waals surface area (Å²) in [7, 11) is 0. The van der Waals surface area contributed by atoms with Crippen LogP contribution in [0.3, 0.4) is 0 Å². The highest BCUT2D eigenvalue weighted by Crippen LogP contribution is 2.43. The molecule has 1 spiro atoms. The summed E-state index contributed by atoms with van der Waals surface area (Å²) in [6.45, 7) is 5.69. The van der Waals surface area contributed by atoms with Gasteiger partial charge >= 0.3 is 6.03 Å². The fourth-order valence-corrected chi connectivity index (χ4v) is 3.69. The van der Waals surface area contributed by atoms with Gasteiger partial charge in [0.15, 0.2) is 0 Å². The summed E-state index contributed by atoms with van der Waals surface area (Å²) in [6, 6.07) is 7.64. The number of anilines is 1. The van der Waals surface area contributed by atoms with Crippen LogP contribution in [-0.4, -0.2) is 74.2 Å². The molecule has 24 heavy (non-hydrogen) atoms. The first-order valence-electron chi connectivity index (χ1n) is 8.43. The number of carbonyl (C=O) groups excluding carboxylic acids is 2. The van der Waals surface area contributed by atoms with Crippen molar-refractivity contribution in [2.75, 3.05) is 57.8 Å². The average Bonchev–Trinajstić information content (AvgIpc) is 2.86. The van der Waals surface area contributed by atoms with Gasteiger partial charge in [-0.1, -0.05) is 18.2 Å². The lowest BCUT2D eigenvalue weighted by Crippen LogP contribution is -2.66. The quantitative estimate of drug-likeness (QED) is 0.832. The Morgan fingerprint density at radius 1 is 1.25 bits per heavy atom. The van der Waals surface area contributed by atoms with E-state index in [4.69, 9.17) is 4.74 Å². The van der Waals surface area contributed by atoms with Gasteiger partial charge in [0.2, 0.25) is 5.91 Å². The van der Waals surface area contributed by atoms with Gasteiger partial charge in [0.25, 0.3) is 0 Å². The number of amides is 3. The molecule has 0 bridgehead atoms. The lowest BCUT2D eigenvalue weighted by atomic mass is 9.75. The zero-order valence-corrected chi connectivity index (χ0v) is 13.6. The predicted octanol–water partition coefficient (Wildman–Crippen LogP) is 0.234. The number of hydrogen-bond donors (Lipinski definition) is 2. The molecule has 4 rings (SSSR count). The Kier molecular flexibility index (Phi) is 3.90. The number of nitrogens with one attached hydrogen (secondary N) is 2. The van der Waals surface area contributed by atoms with Gasteiger partial charge in [-0.3, -0.25) is 9.69 Å². The Hall–Kier alpha value is -2.12. The molecule has 0 aliphatic carbocycles. The van der Waals surface area contributed by atoms with Crippen LogP contribution in [0.5, 0.6) is 0 Å². The van der Waals surface area contributed by atoms with Gasteiger partial charge in [0.1, 0.15) is 5.41 Å². The molecule has 2 N–H and O–H groups in total. The summed E-state index contributed by atoms with van der Waals surface area (Å²) in [6.07, 6.45) is 0. The Balaban J connectivity index is 1.29. The highest BCUT2D eigenvalue weighted by Gasteiger charge is 2.56. The minimum Gasteiger partial charge on any atom is -0.379 e. The number of hydrogen-bond acceptors (Lipinski definition) is 4. The van der Waals surface area contributed by atoms with E-state index in [0.717, 1.165) is 44.1 Å². The number of likely N-dealkylation sites (tertiary alicyclic amines) is 1. The highest BCUT2D eigenvalue weighted by atomic mass is 16.5. The zero-order chi connectivity index (χ0) is 16.6. The SMILES string of the molecule is O=C(NCCN1CCOCC1)N1CC2(C1)C(=O)Nc1ccccc12. The third kappa shape index (κ3) is 2.53. The molecule has 0 aromatic heterocycles. The molecule has 0 radical (unpaired) electrons. The first-order chi connectivity index (χ1) is 11.7. The number of rotatable bonds is 3. The highest BCUT2D eigenvalue weighted by molar-refractivity contribution is 6.08. The van der Waals surface area contributed by atoms with E-state index in [1.807, 2.05) is 24.3 Å². The van der Waals surface area contributed by atoms with Crippen molar-refractivity contribution in [3.63, 3.8) is 0 Å². The standard InChI is InChI=1S/C17H22N4O3/c22-15-17(13-3-1-2-4-14(13)19-15)11-21(12-17)16(23)18-5-6-20-7-9-24-10-8-20/h1-4H,5-12H2,(H,18,23)(H,19,22). The molecule has 2 fully saturated rings. The van der Waals surface area contributed by atoms with Crippen LogP contribution in [0.2, 0.25) is 0 Å². The monoisotopic (exact) mass is 330 g/mol. The van der Waals surface area contributed by atoms with Crippen LogP contribution < -0.4 is 10.6 Å². The molecule has 128 valence electrons. The van der Waals surface area contributed by atoms with Crippen molar-refractivity contribution in [3.05, 3.63) is 29.8 Å². The summed E-state index contributed by atoms with van der Waals surface area (Å²) < 4.78 is 5.31. The van der Waals surface area contributed by atoms with Crippen molar-refractivity contribution in [1.82, 2.24) is 15.1 Å². The minimum atomic E-state index is -0.557. The first kappa shape index (κ1) is 15.4. The van der Waals surface area contributed by atoms with Crippen molar-refractivity contribution in [1.29, 1.82) is 0 Å². The average molecular weight is 330 g/mol. The van der Waals surface area contributed by atoms with Gasteiger partial charge in [-0.25, -0.2) is 4.79 Å². The van der Waals surface area contributed by atoms with Gasteiger partial charge < -0.3 is 20.3 Å². The van der Waals surface area contributed by atoms with Crippen molar-refractivity contribution < 1.29 is 14.3 Å². The lowest BCUT2D eigenvalue weighted by Gasteiger charge is -2.46. The van der Waals surface area contributed by atoms with Crippen LogP contribution in [0.1, 0.15) is 5.56 Å². The van der Waals surface area contributed by atoms with Crippen LogP contribution >= 0.6 is 0 Å². The van der Waals surface area contributed by atoms with E-state index in [1.165, 1.54) is 0 Å². The van der Waals surface area contributed by atoms with Gasteiger partial charge in [-0.15, -0.1) is 0 Å². The van der Waals surface area contributed by atoms with E-state index in [2.05, 4.69) is 15.5 Å². The van der Waals surface area contributed by atoms with E-state index in [0.29, 0.717) is 19.6 Å². The Labute approximate surface area is 140 Å². The number of morpholine rings is 1. The van der Waals surface area contributed by atoms with Crippen LogP contribution in [0, 0.1) is 0 Å². The topological polar surface area (TPSA) is 73.9 Å². The number of carbonyl (C=O) groups is 2. The molecule has 1 aromatic carbocycles. The molecule has 7 heteroatoms. The third-order valence-corrected chi connectivity index (χ3v) is 5.14. The number of para-hydroxylation sites is 1. The molecule has 3 heterocycles. The minimum absolute atomic E-state index is 0.000988. The molecule has 2 saturated heterocycles. The molecule has 3 amide bonds. The van der Waals surface area contributed by atoms with Crippen molar-refractivity contribution in [2.24, 2.45) is 0 Å². The predicted molar refractivity (Wildman–Crippen MR) is 89.0 cm³/mol. The van der Waals surface area contributed by atoms with Crippen LogP contribution in [0.4, 0.5) is 10.5 Å². The van der Waals surface area contributed by atoms with Crippen LogP contribution in [0.25, 0.3) is 0 Å².